The van der Waals surface area contributed by atoms with Crippen LogP contribution in [0.1, 0.15) is 15.9 Å². The average Bonchev–Trinajstić information content (AvgIpc) is 2.64. The molecule has 7 heteroatoms. The molecule has 0 saturated heterocycles. The van der Waals surface area contributed by atoms with E-state index in [1.54, 1.807) is 42.7 Å². The molecule has 0 saturated carbocycles. The Morgan fingerprint density at radius 3 is 2.68 bits per heavy atom. The lowest BCUT2D eigenvalue weighted by atomic mass is 10.1. The summed E-state index contributed by atoms with van der Waals surface area (Å²) in [7, 11) is 0. The number of carbonyl (C=O) groups is 1. The van der Waals surface area contributed by atoms with Crippen LogP contribution in [0.3, 0.4) is 0 Å². The van der Waals surface area contributed by atoms with Gasteiger partial charge in [0, 0.05) is 24.5 Å². The van der Waals surface area contributed by atoms with E-state index in [1.807, 2.05) is 0 Å². The molecule has 0 unspecified atom stereocenters. The Morgan fingerprint density at radius 2 is 1.92 bits per heavy atom. The van der Waals surface area contributed by atoms with E-state index in [9.17, 15) is 14.0 Å². The third-order valence-electron chi connectivity index (χ3n) is 3.66. The zero-order chi connectivity index (χ0) is 17.6. The van der Waals surface area contributed by atoms with Gasteiger partial charge >= 0.3 is 0 Å². The third kappa shape index (κ3) is 3.95. The minimum Gasteiger partial charge on any atom is -0.352 e. The van der Waals surface area contributed by atoms with Crippen molar-refractivity contribution in [2.75, 3.05) is 6.54 Å². The molecule has 2 N–H and O–H groups in total. The van der Waals surface area contributed by atoms with Gasteiger partial charge in [0.25, 0.3) is 11.5 Å². The SMILES string of the molecule is O=C(NCCc1ccccc1F)c1cc(-c2ccncc2)n[nH]c1=O. The summed E-state index contributed by atoms with van der Waals surface area (Å²) in [5.41, 5.74) is 1.06. The Bertz CT molecular complexity index is 941. The highest BCUT2D eigenvalue weighted by atomic mass is 19.1. The first-order valence-corrected chi connectivity index (χ1v) is 7.67. The van der Waals surface area contributed by atoms with Crippen LogP contribution in [0.5, 0.6) is 0 Å². The van der Waals surface area contributed by atoms with Crippen LogP contribution in [-0.4, -0.2) is 27.6 Å². The van der Waals surface area contributed by atoms with E-state index in [4.69, 9.17) is 0 Å². The standard InChI is InChI=1S/C18H15FN4O2/c19-15-4-2-1-3-12(15)7-10-21-17(24)14-11-16(22-23-18(14)25)13-5-8-20-9-6-13/h1-6,8-9,11H,7,10H2,(H,21,24)(H,23,25). The van der Waals surface area contributed by atoms with Gasteiger partial charge in [-0.05, 0) is 36.2 Å². The third-order valence-corrected chi connectivity index (χ3v) is 3.66. The molecular formula is C18H15FN4O2. The number of rotatable bonds is 5. The first-order chi connectivity index (χ1) is 12.1. The molecular weight excluding hydrogens is 323 g/mol. The molecule has 3 aromatic rings. The number of aromatic nitrogens is 3. The highest BCUT2D eigenvalue weighted by molar-refractivity contribution is 5.94. The summed E-state index contributed by atoms with van der Waals surface area (Å²) in [5.74, 6) is -0.853. The van der Waals surface area contributed by atoms with E-state index in [0.29, 0.717) is 17.7 Å². The van der Waals surface area contributed by atoms with Crippen LogP contribution in [0.4, 0.5) is 4.39 Å². The number of nitrogens with one attached hydrogen (secondary N) is 2. The normalized spacial score (nSPS) is 10.4. The van der Waals surface area contributed by atoms with Crippen molar-refractivity contribution in [3.8, 4) is 11.3 Å². The quantitative estimate of drug-likeness (QED) is 0.744. The summed E-state index contributed by atoms with van der Waals surface area (Å²) < 4.78 is 13.6. The molecule has 0 bridgehead atoms. The van der Waals surface area contributed by atoms with E-state index >= 15 is 0 Å². The Morgan fingerprint density at radius 1 is 1.16 bits per heavy atom. The van der Waals surface area contributed by atoms with Crippen molar-refractivity contribution in [3.05, 3.63) is 82.2 Å². The number of H-pyrrole nitrogens is 1. The minimum atomic E-state index is -0.582. The molecule has 0 radical (unpaired) electrons. The number of amides is 1. The molecule has 126 valence electrons. The van der Waals surface area contributed by atoms with Crippen LogP contribution >= 0.6 is 0 Å². The van der Waals surface area contributed by atoms with Gasteiger partial charge in [0.05, 0.1) is 5.69 Å². The van der Waals surface area contributed by atoms with E-state index in [2.05, 4.69) is 20.5 Å². The van der Waals surface area contributed by atoms with E-state index in [0.717, 1.165) is 5.56 Å². The summed E-state index contributed by atoms with van der Waals surface area (Å²) in [6, 6.07) is 11.2. The Balaban J connectivity index is 1.72. The van der Waals surface area contributed by atoms with Crippen LogP contribution in [0.25, 0.3) is 11.3 Å². The number of benzene rings is 1. The van der Waals surface area contributed by atoms with Gasteiger partial charge in [0.1, 0.15) is 11.4 Å². The molecule has 25 heavy (non-hydrogen) atoms. The van der Waals surface area contributed by atoms with Crippen molar-refractivity contribution in [1.82, 2.24) is 20.5 Å². The van der Waals surface area contributed by atoms with Gasteiger partial charge in [0.2, 0.25) is 0 Å². The number of aromatic amines is 1. The number of pyridine rings is 1. The molecule has 0 atom stereocenters. The van der Waals surface area contributed by atoms with Gasteiger partial charge in [-0.2, -0.15) is 5.10 Å². The van der Waals surface area contributed by atoms with Crippen LogP contribution in [-0.2, 0) is 6.42 Å². The van der Waals surface area contributed by atoms with Crippen molar-refractivity contribution in [3.63, 3.8) is 0 Å². The van der Waals surface area contributed by atoms with Crippen LogP contribution in [0, 0.1) is 5.82 Å². The lowest BCUT2D eigenvalue weighted by molar-refractivity contribution is 0.0952. The van der Waals surface area contributed by atoms with E-state index < -0.39 is 11.5 Å². The number of hydrogen-bond acceptors (Lipinski definition) is 4. The second kappa shape index (κ2) is 7.48. The van der Waals surface area contributed by atoms with Gasteiger partial charge in [0.15, 0.2) is 0 Å². The number of carbonyl (C=O) groups excluding carboxylic acids is 1. The highest BCUT2D eigenvalue weighted by Gasteiger charge is 2.13. The monoisotopic (exact) mass is 338 g/mol. The Labute approximate surface area is 142 Å². The maximum absolute atomic E-state index is 13.6. The first kappa shape index (κ1) is 16.5. The second-order valence-electron chi connectivity index (χ2n) is 5.33. The maximum atomic E-state index is 13.6. The van der Waals surface area contributed by atoms with Gasteiger partial charge in [-0.25, -0.2) is 9.49 Å². The van der Waals surface area contributed by atoms with Crippen molar-refractivity contribution >= 4 is 5.91 Å². The molecule has 0 fully saturated rings. The predicted octanol–water partition coefficient (Wildman–Crippen LogP) is 1.94. The zero-order valence-corrected chi connectivity index (χ0v) is 13.2. The molecule has 6 nitrogen and oxygen atoms in total. The topological polar surface area (TPSA) is 87.7 Å². The van der Waals surface area contributed by atoms with Crippen molar-refractivity contribution < 1.29 is 9.18 Å². The lowest BCUT2D eigenvalue weighted by Crippen LogP contribution is -2.31. The fraction of sp³-hybridized carbons (Fsp3) is 0.111. The summed E-state index contributed by atoms with van der Waals surface area (Å²) in [6.07, 6.45) is 3.52. The number of halogens is 1. The molecule has 1 amide bonds. The van der Waals surface area contributed by atoms with Crippen molar-refractivity contribution in [1.29, 1.82) is 0 Å². The fourth-order valence-corrected chi connectivity index (χ4v) is 2.35. The summed E-state index contributed by atoms with van der Waals surface area (Å²) in [6.45, 7) is 0.214. The van der Waals surface area contributed by atoms with Crippen molar-refractivity contribution in [2.45, 2.75) is 6.42 Å². The molecule has 0 aliphatic carbocycles. The second-order valence-corrected chi connectivity index (χ2v) is 5.33. The maximum Gasteiger partial charge on any atom is 0.277 e. The average molecular weight is 338 g/mol. The smallest absolute Gasteiger partial charge is 0.277 e. The van der Waals surface area contributed by atoms with Gasteiger partial charge in [-0.3, -0.25) is 14.6 Å². The summed E-state index contributed by atoms with van der Waals surface area (Å²) in [5, 5.41) is 8.88. The van der Waals surface area contributed by atoms with E-state index in [1.165, 1.54) is 12.1 Å². The number of nitrogens with zero attached hydrogens (tertiary/aromatic N) is 2. The van der Waals surface area contributed by atoms with Crippen LogP contribution in [0.2, 0.25) is 0 Å². The largest absolute Gasteiger partial charge is 0.352 e. The predicted molar refractivity (Wildman–Crippen MR) is 90.5 cm³/mol. The van der Waals surface area contributed by atoms with Crippen molar-refractivity contribution in [2.24, 2.45) is 0 Å². The summed E-state index contributed by atoms with van der Waals surface area (Å²) in [4.78, 5) is 28.1. The minimum absolute atomic E-state index is 0.0460. The van der Waals surface area contributed by atoms with Gasteiger partial charge in [-0.1, -0.05) is 18.2 Å². The fourth-order valence-electron chi connectivity index (χ4n) is 2.35. The molecule has 1 aromatic carbocycles. The molecule has 0 aliphatic heterocycles. The summed E-state index contributed by atoms with van der Waals surface area (Å²) >= 11 is 0. The first-order valence-electron chi connectivity index (χ1n) is 7.67. The number of hydrogen-bond donors (Lipinski definition) is 2. The van der Waals surface area contributed by atoms with E-state index in [-0.39, 0.29) is 17.9 Å². The lowest BCUT2D eigenvalue weighted by Gasteiger charge is -2.07. The van der Waals surface area contributed by atoms with Gasteiger partial charge in [-0.15, -0.1) is 0 Å². The van der Waals surface area contributed by atoms with Crippen LogP contribution < -0.4 is 10.9 Å². The molecule has 2 heterocycles. The zero-order valence-electron chi connectivity index (χ0n) is 13.2. The van der Waals surface area contributed by atoms with Crippen LogP contribution in [0.15, 0.2) is 59.7 Å². The molecule has 3 rings (SSSR count). The molecule has 0 spiro atoms. The molecule has 0 aliphatic rings. The Kier molecular flexibility index (Phi) is 4.94. The van der Waals surface area contributed by atoms with Gasteiger partial charge < -0.3 is 5.32 Å². The Hall–Kier alpha value is -3.35. The highest BCUT2D eigenvalue weighted by Crippen LogP contribution is 2.14. The molecule has 2 aromatic heterocycles.